The van der Waals surface area contributed by atoms with Crippen LogP contribution < -0.4 is 5.76 Å². The molecule has 4 rings (SSSR count). The third-order valence-electron chi connectivity index (χ3n) is 4.95. The van der Waals surface area contributed by atoms with Crippen LogP contribution in [0, 0.1) is 10.1 Å². The zero-order valence-electron chi connectivity index (χ0n) is 16.1. The molecule has 0 radical (unpaired) electrons. The summed E-state index contributed by atoms with van der Waals surface area (Å²) in [4.78, 5) is 35.0. The molecule has 0 saturated carbocycles. The van der Waals surface area contributed by atoms with Gasteiger partial charge in [0.2, 0.25) is 10.0 Å². The molecule has 2 aromatic carbocycles. The number of ketones is 1. The standard InChI is InChI=1S/C19H17N3O8S/c23-17(13-1-3-14(4-2-13)22(25)26)12-21-16-6-5-15(11-18(16)30-19(21)24)31(27,28)20-7-9-29-10-8-20/h1-6,11H,7-10,12H2. The lowest BCUT2D eigenvalue weighted by molar-refractivity contribution is -0.384. The molecule has 1 fully saturated rings. The number of Topliss-reactive ketones (excluding diaryl/α,β-unsaturated/α-hetero) is 1. The van der Waals surface area contributed by atoms with E-state index in [0.29, 0.717) is 13.2 Å². The number of carbonyl (C=O) groups excluding carboxylic acids is 1. The van der Waals surface area contributed by atoms with Gasteiger partial charge in [-0.05, 0) is 24.3 Å². The fraction of sp³-hybridized carbons (Fsp3) is 0.263. The lowest BCUT2D eigenvalue weighted by atomic mass is 10.1. The lowest BCUT2D eigenvalue weighted by Gasteiger charge is -2.25. The number of nitrogens with zero attached hydrogens (tertiary/aromatic N) is 3. The van der Waals surface area contributed by atoms with Crippen LogP contribution in [-0.2, 0) is 21.3 Å². The van der Waals surface area contributed by atoms with Crippen LogP contribution in [0.1, 0.15) is 10.4 Å². The number of hydrogen-bond acceptors (Lipinski definition) is 8. The van der Waals surface area contributed by atoms with E-state index in [-0.39, 0.29) is 46.9 Å². The topological polar surface area (TPSA) is 142 Å². The molecule has 0 bridgehead atoms. The summed E-state index contributed by atoms with van der Waals surface area (Å²) in [6.07, 6.45) is 0. The predicted molar refractivity (Wildman–Crippen MR) is 107 cm³/mol. The summed E-state index contributed by atoms with van der Waals surface area (Å²) < 4.78 is 38.3. The monoisotopic (exact) mass is 447 g/mol. The number of nitro benzene ring substituents is 1. The van der Waals surface area contributed by atoms with Crippen molar-refractivity contribution in [3.8, 4) is 0 Å². The Labute approximate surface area is 175 Å². The Bertz CT molecular complexity index is 1320. The van der Waals surface area contributed by atoms with E-state index in [1.54, 1.807) is 0 Å². The highest BCUT2D eigenvalue weighted by molar-refractivity contribution is 7.89. The predicted octanol–water partition coefficient (Wildman–Crippen LogP) is 1.41. The maximum absolute atomic E-state index is 12.8. The molecule has 1 aliphatic rings. The molecule has 0 N–H and O–H groups in total. The normalized spacial score (nSPS) is 15.2. The number of aromatic nitrogens is 1. The Balaban J connectivity index is 1.62. The molecule has 0 aliphatic carbocycles. The van der Waals surface area contributed by atoms with Crippen LogP contribution in [0.15, 0.2) is 56.6 Å². The van der Waals surface area contributed by atoms with Gasteiger partial charge >= 0.3 is 5.76 Å². The number of morpholine rings is 1. The summed E-state index contributed by atoms with van der Waals surface area (Å²) in [6.45, 7) is 0.707. The number of oxazole rings is 1. The largest absolute Gasteiger partial charge is 0.420 e. The Hall–Kier alpha value is -3.35. The van der Waals surface area contributed by atoms with Gasteiger partial charge in [-0.25, -0.2) is 13.2 Å². The first-order chi connectivity index (χ1) is 14.8. The van der Waals surface area contributed by atoms with Crippen LogP contribution in [0.4, 0.5) is 5.69 Å². The first-order valence-corrected chi connectivity index (χ1v) is 10.7. The number of hydrogen-bond donors (Lipinski definition) is 0. The molecular weight excluding hydrogens is 430 g/mol. The van der Waals surface area contributed by atoms with E-state index in [1.807, 2.05) is 0 Å². The quantitative estimate of drug-likeness (QED) is 0.314. The molecular formula is C19H17N3O8S. The van der Waals surface area contributed by atoms with E-state index in [9.17, 15) is 28.1 Å². The molecule has 11 nitrogen and oxygen atoms in total. The average molecular weight is 447 g/mol. The fourth-order valence-electron chi connectivity index (χ4n) is 3.30. The van der Waals surface area contributed by atoms with Gasteiger partial charge in [0.15, 0.2) is 11.4 Å². The number of rotatable bonds is 6. The van der Waals surface area contributed by atoms with Crippen molar-refractivity contribution < 1.29 is 27.3 Å². The number of ether oxygens (including phenoxy) is 1. The summed E-state index contributed by atoms with van der Waals surface area (Å²) in [5.74, 6) is -1.27. The number of nitro groups is 1. The minimum atomic E-state index is -3.77. The van der Waals surface area contributed by atoms with Crippen molar-refractivity contribution in [1.82, 2.24) is 8.87 Å². The third kappa shape index (κ3) is 4.00. The average Bonchev–Trinajstić information content (AvgIpc) is 3.08. The molecule has 12 heteroatoms. The second kappa shape index (κ2) is 8.06. The Morgan fingerprint density at radius 1 is 1.10 bits per heavy atom. The van der Waals surface area contributed by atoms with Crippen molar-refractivity contribution >= 4 is 32.6 Å². The first kappa shape index (κ1) is 20.9. The van der Waals surface area contributed by atoms with Crippen molar-refractivity contribution in [3.63, 3.8) is 0 Å². The maximum atomic E-state index is 12.8. The van der Waals surface area contributed by atoms with Gasteiger partial charge in [-0.3, -0.25) is 19.5 Å². The molecule has 0 unspecified atom stereocenters. The van der Waals surface area contributed by atoms with Crippen LogP contribution in [-0.4, -0.2) is 54.3 Å². The van der Waals surface area contributed by atoms with Crippen molar-refractivity contribution in [2.75, 3.05) is 26.3 Å². The lowest BCUT2D eigenvalue weighted by Crippen LogP contribution is -2.40. The molecule has 0 atom stereocenters. The Morgan fingerprint density at radius 3 is 2.42 bits per heavy atom. The van der Waals surface area contributed by atoms with Gasteiger partial charge in [-0.15, -0.1) is 0 Å². The molecule has 1 saturated heterocycles. The van der Waals surface area contributed by atoms with Gasteiger partial charge in [-0.1, -0.05) is 0 Å². The van der Waals surface area contributed by atoms with Crippen molar-refractivity contribution in [2.45, 2.75) is 11.4 Å². The second-order valence-corrected chi connectivity index (χ2v) is 8.77. The third-order valence-corrected chi connectivity index (χ3v) is 6.84. The van der Waals surface area contributed by atoms with Crippen LogP contribution in [0.5, 0.6) is 0 Å². The summed E-state index contributed by atoms with van der Waals surface area (Å²) in [6, 6.07) is 9.04. The highest BCUT2D eigenvalue weighted by atomic mass is 32.2. The van der Waals surface area contributed by atoms with E-state index >= 15 is 0 Å². The number of non-ortho nitro benzene ring substituents is 1. The summed E-state index contributed by atoms with van der Waals surface area (Å²) in [5, 5.41) is 10.7. The van der Waals surface area contributed by atoms with Crippen LogP contribution >= 0.6 is 0 Å². The highest BCUT2D eigenvalue weighted by Gasteiger charge is 2.27. The van der Waals surface area contributed by atoms with Gasteiger partial charge in [-0.2, -0.15) is 4.31 Å². The molecule has 3 aromatic rings. The van der Waals surface area contributed by atoms with Crippen LogP contribution in [0.2, 0.25) is 0 Å². The molecule has 0 spiro atoms. The number of benzene rings is 2. The SMILES string of the molecule is O=C(Cn1c(=O)oc2cc(S(=O)(=O)N3CCOCC3)ccc21)c1ccc([N+](=O)[O-])cc1. The van der Waals surface area contributed by atoms with E-state index in [0.717, 1.165) is 4.57 Å². The molecule has 162 valence electrons. The van der Waals surface area contributed by atoms with Crippen molar-refractivity contribution in [2.24, 2.45) is 0 Å². The van der Waals surface area contributed by atoms with Gasteiger partial charge in [0.25, 0.3) is 5.69 Å². The maximum Gasteiger partial charge on any atom is 0.420 e. The summed E-state index contributed by atoms with van der Waals surface area (Å²) >= 11 is 0. The van der Waals surface area contributed by atoms with Gasteiger partial charge in [0, 0.05) is 36.9 Å². The van der Waals surface area contributed by atoms with Crippen molar-refractivity contribution in [1.29, 1.82) is 0 Å². The van der Waals surface area contributed by atoms with Gasteiger partial charge in [0.1, 0.15) is 0 Å². The van der Waals surface area contributed by atoms with Crippen LogP contribution in [0.3, 0.4) is 0 Å². The molecule has 1 aromatic heterocycles. The summed E-state index contributed by atoms with van der Waals surface area (Å²) in [5.41, 5.74) is 0.340. The number of fused-ring (bicyclic) bond motifs is 1. The molecule has 31 heavy (non-hydrogen) atoms. The zero-order valence-corrected chi connectivity index (χ0v) is 16.9. The van der Waals surface area contributed by atoms with Crippen LogP contribution in [0.25, 0.3) is 11.1 Å². The minimum absolute atomic E-state index is 0.0236. The number of sulfonamides is 1. The van der Waals surface area contributed by atoms with E-state index in [4.69, 9.17) is 9.15 Å². The summed E-state index contributed by atoms with van der Waals surface area (Å²) in [7, 11) is -3.77. The zero-order chi connectivity index (χ0) is 22.2. The smallest absolute Gasteiger partial charge is 0.408 e. The first-order valence-electron chi connectivity index (χ1n) is 9.26. The van der Waals surface area contributed by atoms with Gasteiger partial charge in [0.05, 0.1) is 35.1 Å². The Kier molecular flexibility index (Phi) is 5.43. The molecule has 0 amide bonds. The Morgan fingerprint density at radius 2 is 1.77 bits per heavy atom. The second-order valence-electron chi connectivity index (χ2n) is 6.83. The van der Waals surface area contributed by atoms with E-state index in [2.05, 4.69) is 0 Å². The van der Waals surface area contributed by atoms with E-state index in [1.165, 1.54) is 46.8 Å². The molecule has 1 aliphatic heterocycles. The highest BCUT2D eigenvalue weighted by Crippen LogP contribution is 2.23. The van der Waals surface area contributed by atoms with Gasteiger partial charge < -0.3 is 9.15 Å². The van der Waals surface area contributed by atoms with Crippen molar-refractivity contribution in [3.05, 3.63) is 68.7 Å². The fourth-order valence-corrected chi connectivity index (χ4v) is 4.72. The molecule has 2 heterocycles. The van der Waals surface area contributed by atoms with E-state index < -0.39 is 26.5 Å². The number of carbonyl (C=O) groups is 1. The minimum Gasteiger partial charge on any atom is -0.408 e.